The first-order valence-electron chi connectivity index (χ1n) is 8.93. The van der Waals surface area contributed by atoms with Gasteiger partial charge in [0.2, 0.25) is 5.91 Å². The smallest absolute Gasteiger partial charge is 0.253 e. The van der Waals surface area contributed by atoms with Crippen LogP contribution < -0.4 is 5.32 Å². The fourth-order valence-electron chi connectivity index (χ4n) is 4.01. The van der Waals surface area contributed by atoms with Gasteiger partial charge in [-0.3, -0.25) is 14.6 Å². The molecule has 134 valence electrons. The number of hydrogen-bond acceptors (Lipinski definition) is 5. The van der Waals surface area contributed by atoms with E-state index in [2.05, 4.69) is 10.3 Å². The average Bonchev–Trinajstić information content (AvgIpc) is 3.02. The first kappa shape index (κ1) is 16.5. The van der Waals surface area contributed by atoms with Crippen LogP contribution in [0.15, 0.2) is 24.5 Å². The SMILES string of the molecule is O=C(Nc1cccnc1)C1C[C@@H]2CCN(C(=O)C3CC(O)C3)C[C@@H]2O1. The third kappa shape index (κ3) is 3.39. The van der Waals surface area contributed by atoms with Gasteiger partial charge in [-0.05, 0) is 43.7 Å². The standard InChI is InChI=1S/C18H23N3O4/c22-14-6-12(7-14)18(24)21-5-3-11-8-15(25-16(11)10-21)17(23)20-13-2-1-4-19-9-13/h1-2,4,9,11-12,14-16,22H,3,5-8,10H2,(H,20,23)/t11-,12?,14?,15?,16-/m0/s1. The average molecular weight is 345 g/mol. The topological polar surface area (TPSA) is 91.8 Å². The third-order valence-electron chi connectivity index (χ3n) is 5.55. The summed E-state index contributed by atoms with van der Waals surface area (Å²) < 4.78 is 5.96. The van der Waals surface area contributed by atoms with Crippen molar-refractivity contribution in [3.05, 3.63) is 24.5 Å². The van der Waals surface area contributed by atoms with Crippen LogP contribution in [-0.2, 0) is 14.3 Å². The van der Waals surface area contributed by atoms with Crippen molar-refractivity contribution in [2.75, 3.05) is 18.4 Å². The fraction of sp³-hybridized carbons (Fsp3) is 0.611. The molecule has 1 aliphatic carbocycles. The molecular formula is C18H23N3O4. The zero-order valence-corrected chi connectivity index (χ0v) is 14.0. The Morgan fingerprint density at radius 1 is 1.32 bits per heavy atom. The lowest BCUT2D eigenvalue weighted by molar-refractivity contribution is -0.147. The molecule has 2 amide bonds. The van der Waals surface area contributed by atoms with Gasteiger partial charge in [0, 0.05) is 25.2 Å². The molecular weight excluding hydrogens is 322 g/mol. The third-order valence-corrected chi connectivity index (χ3v) is 5.55. The van der Waals surface area contributed by atoms with Crippen molar-refractivity contribution >= 4 is 17.5 Å². The molecule has 2 aliphatic heterocycles. The zero-order valence-electron chi connectivity index (χ0n) is 14.0. The molecule has 2 N–H and O–H groups in total. The molecule has 1 saturated carbocycles. The van der Waals surface area contributed by atoms with Crippen molar-refractivity contribution in [1.29, 1.82) is 0 Å². The molecule has 7 nitrogen and oxygen atoms in total. The lowest BCUT2D eigenvalue weighted by Gasteiger charge is -2.39. The molecule has 3 aliphatic rings. The number of pyridine rings is 1. The number of amides is 2. The molecule has 0 radical (unpaired) electrons. The highest BCUT2D eigenvalue weighted by atomic mass is 16.5. The molecule has 7 heteroatoms. The van der Waals surface area contributed by atoms with E-state index >= 15 is 0 Å². The molecule has 1 aromatic rings. The van der Waals surface area contributed by atoms with Gasteiger partial charge in [0.25, 0.3) is 5.91 Å². The van der Waals surface area contributed by atoms with Gasteiger partial charge in [0.1, 0.15) is 6.10 Å². The summed E-state index contributed by atoms with van der Waals surface area (Å²) in [6, 6.07) is 3.56. The Labute approximate surface area is 146 Å². The molecule has 3 atom stereocenters. The predicted molar refractivity (Wildman–Crippen MR) is 89.6 cm³/mol. The summed E-state index contributed by atoms with van der Waals surface area (Å²) in [6.07, 6.45) is 5.08. The first-order chi connectivity index (χ1) is 12.1. The number of hydrogen-bond donors (Lipinski definition) is 2. The highest BCUT2D eigenvalue weighted by Gasteiger charge is 2.44. The number of carbonyl (C=O) groups excluding carboxylic acids is 2. The Hall–Kier alpha value is -1.99. The normalized spacial score (nSPS) is 34.1. The van der Waals surface area contributed by atoms with Crippen molar-refractivity contribution in [3.63, 3.8) is 0 Å². The number of piperidine rings is 1. The van der Waals surface area contributed by atoms with E-state index in [0.29, 0.717) is 44.0 Å². The van der Waals surface area contributed by atoms with E-state index in [1.54, 1.807) is 24.5 Å². The fourth-order valence-corrected chi connectivity index (χ4v) is 4.01. The van der Waals surface area contributed by atoms with Gasteiger partial charge in [-0.1, -0.05) is 0 Å². The largest absolute Gasteiger partial charge is 0.393 e. The van der Waals surface area contributed by atoms with E-state index in [0.717, 1.165) is 6.42 Å². The van der Waals surface area contributed by atoms with E-state index in [9.17, 15) is 14.7 Å². The Kier molecular flexibility index (Phi) is 4.43. The maximum Gasteiger partial charge on any atom is 0.253 e. The molecule has 3 heterocycles. The molecule has 1 aromatic heterocycles. The van der Waals surface area contributed by atoms with Gasteiger partial charge in [-0.2, -0.15) is 0 Å². The minimum absolute atomic E-state index is 0.0439. The van der Waals surface area contributed by atoms with Crippen LogP contribution in [0.3, 0.4) is 0 Å². The number of aromatic nitrogens is 1. The van der Waals surface area contributed by atoms with Gasteiger partial charge in [-0.15, -0.1) is 0 Å². The molecule has 1 unspecified atom stereocenters. The lowest BCUT2D eigenvalue weighted by atomic mass is 9.80. The molecule has 4 rings (SSSR count). The second-order valence-electron chi connectivity index (χ2n) is 7.28. The molecule has 3 fully saturated rings. The number of fused-ring (bicyclic) bond motifs is 1. The van der Waals surface area contributed by atoms with Crippen LogP contribution in [0.1, 0.15) is 25.7 Å². The van der Waals surface area contributed by atoms with Gasteiger partial charge in [0.15, 0.2) is 0 Å². The van der Waals surface area contributed by atoms with Crippen molar-refractivity contribution in [3.8, 4) is 0 Å². The van der Waals surface area contributed by atoms with E-state index in [1.807, 2.05) is 4.90 Å². The van der Waals surface area contributed by atoms with Crippen LogP contribution in [0.2, 0.25) is 0 Å². The Bertz CT molecular complexity index is 647. The summed E-state index contributed by atoms with van der Waals surface area (Å²) in [5, 5.41) is 12.2. The van der Waals surface area contributed by atoms with Gasteiger partial charge in [0.05, 0.1) is 24.1 Å². The summed E-state index contributed by atoms with van der Waals surface area (Å²) in [5.41, 5.74) is 0.659. The number of nitrogens with zero attached hydrogens (tertiary/aromatic N) is 2. The Morgan fingerprint density at radius 3 is 2.88 bits per heavy atom. The van der Waals surface area contributed by atoms with Crippen LogP contribution in [0.5, 0.6) is 0 Å². The van der Waals surface area contributed by atoms with Crippen LogP contribution in [0.25, 0.3) is 0 Å². The maximum atomic E-state index is 12.4. The highest BCUT2D eigenvalue weighted by molar-refractivity contribution is 5.94. The van der Waals surface area contributed by atoms with Crippen LogP contribution in [-0.4, -0.2) is 58.2 Å². The number of aliphatic hydroxyl groups is 1. The monoisotopic (exact) mass is 345 g/mol. The van der Waals surface area contributed by atoms with Crippen LogP contribution in [0.4, 0.5) is 5.69 Å². The van der Waals surface area contributed by atoms with E-state index in [4.69, 9.17) is 4.74 Å². The quantitative estimate of drug-likeness (QED) is 0.845. The van der Waals surface area contributed by atoms with E-state index < -0.39 is 6.10 Å². The second kappa shape index (κ2) is 6.72. The van der Waals surface area contributed by atoms with E-state index in [-0.39, 0.29) is 29.9 Å². The summed E-state index contributed by atoms with van der Waals surface area (Å²) in [5.74, 6) is 0.247. The van der Waals surface area contributed by atoms with Crippen LogP contribution >= 0.6 is 0 Å². The number of likely N-dealkylation sites (tertiary alicyclic amines) is 1. The minimum atomic E-state index is -0.476. The number of aliphatic hydroxyl groups excluding tert-OH is 1. The highest BCUT2D eigenvalue weighted by Crippen LogP contribution is 2.36. The van der Waals surface area contributed by atoms with Gasteiger partial charge >= 0.3 is 0 Å². The number of anilines is 1. The van der Waals surface area contributed by atoms with Crippen molar-refractivity contribution < 1.29 is 19.4 Å². The lowest BCUT2D eigenvalue weighted by Crippen LogP contribution is -2.50. The van der Waals surface area contributed by atoms with Crippen molar-refractivity contribution in [2.24, 2.45) is 11.8 Å². The Morgan fingerprint density at radius 2 is 2.16 bits per heavy atom. The summed E-state index contributed by atoms with van der Waals surface area (Å²) in [7, 11) is 0. The number of rotatable bonds is 3. The van der Waals surface area contributed by atoms with E-state index in [1.165, 1.54) is 0 Å². The molecule has 0 aromatic carbocycles. The summed E-state index contributed by atoms with van der Waals surface area (Å²) >= 11 is 0. The number of nitrogens with one attached hydrogen (secondary N) is 1. The predicted octanol–water partition coefficient (Wildman–Crippen LogP) is 0.797. The number of carbonyl (C=O) groups is 2. The van der Waals surface area contributed by atoms with Crippen LogP contribution in [0, 0.1) is 11.8 Å². The molecule has 2 saturated heterocycles. The van der Waals surface area contributed by atoms with Crippen molar-refractivity contribution in [1.82, 2.24) is 9.88 Å². The maximum absolute atomic E-state index is 12.4. The van der Waals surface area contributed by atoms with Gasteiger partial charge in [-0.25, -0.2) is 0 Å². The molecule has 25 heavy (non-hydrogen) atoms. The zero-order chi connectivity index (χ0) is 17.4. The Balaban J connectivity index is 1.32. The summed E-state index contributed by atoms with van der Waals surface area (Å²) in [4.78, 5) is 30.7. The van der Waals surface area contributed by atoms with Gasteiger partial charge < -0.3 is 20.1 Å². The number of ether oxygens (including phenoxy) is 1. The minimum Gasteiger partial charge on any atom is -0.393 e. The second-order valence-corrected chi connectivity index (χ2v) is 7.28. The molecule has 0 bridgehead atoms. The van der Waals surface area contributed by atoms with Crippen molar-refractivity contribution in [2.45, 2.75) is 44.0 Å². The first-order valence-corrected chi connectivity index (χ1v) is 8.93. The molecule has 0 spiro atoms. The summed E-state index contributed by atoms with van der Waals surface area (Å²) in [6.45, 7) is 1.26.